The van der Waals surface area contributed by atoms with Gasteiger partial charge < -0.3 is 15.5 Å². The summed E-state index contributed by atoms with van der Waals surface area (Å²) in [5, 5.41) is 21.9. The summed E-state index contributed by atoms with van der Waals surface area (Å²) in [5.74, 6) is 0. The first-order valence-corrected chi connectivity index (χ1v) is 6.96. The minimum Gasteiger partial charge on any atom is -0.393 e. The van der Waals surface area contributed by atoms with Crippen molar-refractivity contribution in [2.75, 3.05) is 13.2 Å². The predicted octanol–water partition coefficient (Wildman–Crippen LogP) is 2.61. The van der Waals surface area contributed by atoms with Crippen LogP contribution in [-0.4, -0.2) is 29.0 Å². The second-order valence-corrected chi connectivity index (χ2v) is 6.19. The monoisotopic (exact) mass is 365 g/mol. The lowest BCUT2D eigenvalue weighted by molar-refractivity contribution is 0.00104. The molecular formula is C12H17Br2NO2. The molecule has 2 atom stereocenters. The summed E-state index contributed by atoms with van der Waals surface area (Å²) < 4.78 is 2.03. The SMILES string of the molecule is CC(NCC(C)(O)CO)c1ccc(Br)cc1Br. The molecule has 5 heteroatoms. The number of nitrogens with one attached hydrogen (secondary N) is 1. The van der Waals surface area contributed by atoms with Gasteiger partial charge in [0.05, 0.1) is 12.2 Å². The Labute approximate surface area is 118 Å². The van der Waals surface area contributed by atoms with Crippen LogP contribution >= 0.6 is 31.9 Å². The number of benzene rings is 1. The van der Waals surface area contributed by atoms with E-state index in [9.17, 15) is 5.11 Å². The van der Waals surface area contributed by atoms with Crippen molar-refractivity contribution in [3.63, 3.8) is 0 Å². The molecule has 0 radical (unpaired) electrons. The summed E-state index contributed by atoms with van der Waals surface area (Å²) in [6.07, 6.45) is 0. The molecule has 2 unspecified atom stereocenters. The topological polar surface area (TPSA) is 52.5 Å². The van der Waals surface area contributed by atoms with E-state index in [-0.39, 0.29) is 12.6 Å². The quantitative estimate of drug-likeness (QED) is 0.750. The molecule has 1 aromatic carbocycles. The molecule has 0 aliphatic rings. The molecular weight excluding hydrogens is 350 g/mol. The maximum absolute atomic E-state index is 9.70. The number of aliphatic hydroxyl groups is 2. The van der Waals surface area contributed by atoms with Gasteiger partial charge in [0.2, 0.25) is 0 Å². The van der Waals surface area contributed by atoms with Crippen LogP contribution in [0.4, 0.5) is 0 Å². The summed E-state index contributed by atoms with van der Waals surface area (Å²) in [5.41, 5.74) is 0.0257. The smallest absolute Gasteiger partial charge is 0.0973 e. The van der Waals surface area contributed by atoms with Crippen molar-refractivity contribution in [1.29, 1.82) is 0 Å². The Morgan fingerprint density at radius 1 is 1.41 bits per heavy atom. The van der Waals surface area contributed by atoms with Crippen LogP contribution in [0.2, 0.25) is 0 Å². The van der Waals surface area contributed by atoms with Gasteiger partial charge in [0.15, 0.2) is 0 Å². The van der Waals surface area contributed by atoms with Crippen LogP contribution in [0, 0.1) is 0 Å². The minimum absolute atomic E-state index is 0.0931. The van der Waals surface area contributed by atoms with Crippen LogP contribution in [0.25, 0.3) is 0 Å². The lowest BCUT2D eigenvalue weighted by atomic mass is 10.1. The number of hydrogen-bond acceptors (Lipinski definition) is 3. The Morgan fingerprint density at radius 2 is 2.06 bits per heavy atom. The fourth-order valence-electron chi connectivity index (χ4n) is 1.39. The van der Waals surface area contributed by atoms with E-state index in [1.807, 2.05) is 25.1 Å². The number of hydrogen-bond donors (Lipinski definition) is 3. The average Bonchev–Trinajstić information content (AvgIpc) is 2.26. The predicted molar refractivity (Wildman–Crippen MR) is 76.0 cm³/mol. The molecule has 96 valence electrons. The van der Waals surface area contributed by atoms with Crippen LogP contribution in [0.3, 0.4) is 0 Å². The fraction of sp³-hybridized carbons (Fsp3) is 0.500. The highest BCUT2D eigenvalue weighted by atomic mass is 79.9. The van der Waals surface area contributed by atoms with Crippen molar-refractivity contribution >= 4 is 31.9 Å². The Hall–Kier alpha value is 0.0600. The standard InChI is InChI=1S/C12H17Br2NO2/c1-8(15-6-12(2,17)7-16)10-4-3-9(13)5-11(10)14/h3-5,8,15-17H,6-7H2,1-2H3. The third-order valence-corrected chi connectivity index (χ3v) is 3.74. The molecule has 0 amide bonds. The summed E-state index contributed by atoms with van der Waals surface area (Å²) in [6, 6.07) is 6.06. The average molecular weight is 367 g/mol. The molecule has 0 fully saturated rings. The highest BCUT2D eigenvalue weighted by Gasteiger charge is 2.20. The van der Waals surface area contributed by atoms with Crippen molar-refractivity contribution in [3.05, 3.63) is 32.7 Å². The molecule has 0 aliphatic carbocycles. The lowest BCUT2D eigenvalue weighted by Crippen LogP contribution is -2.41. The first-order valence-electron chi connectivity index (χ1n) is 5.37. The summed E-state index contributed by atoms with van der Waals surface area (Å²) >= 11 is 6.91. The highest BCUT2D eigenvalue weighted by molar-refractivity contribution is 9.11. The fourth-order valence-corrected chi connectivity index (χ4v) is 2.78. The second kappa shape index (κ2) is 6.29. The van der Waals surface area contributed by atoms with Crippen molar-refractivity contribution in [2.45, 2.75) is 25.5 Å². The van der Waals surface area contributed by atoms with E-state index in [0.29, 0.717) is 6.54 Å². The van der Waals surface area contributed by atoms with Gasteiger partial charge in [-0.15, -0.1) is 0 Å². The Bertz CT molecular complexity index is 383. The van der Waals surface area contributed by atoms with Crippen LogP contribution < -0.4 is 5.32 Å². The molecule has 3 N–H and O–H groups in total. The molecule has 1 rings (SSSR count). The van der Waals surface area contributed by atoms with Crippen molar-refractivity contribution in [3.8, 4) is 0 Å². The maximum atomic E-state index is 9.70. The molecule has 0 bridgehead atoms. The highest BCUT2D eigenvalue weighted by Crippen LogP contribution is 2.26. The van der Waals surface area contributed by atoms with Gasteiger partial charge in [-0.3, -0.25) is 0 Å². The van der Waals surface area contributed by atoms with Gasteiger partial charge >= 0.3 is 0 Å². The largest absolute Gasteiger partial charge is 0.393 e. The summed E-state index contributed by atoms with van der Waals surface area (Å²) in [4.78, 5) is 0. The van der Waals surface area contributed by atoms with E-state index in [4.69, 9.17) is 5.11 Å². The van der Waals surface area contributed by atoms with Crippen LogP contribution in [0.5, 0.6) is 0 Å². The lowest BCUT2D eigenvalue weighted by Gasteiger charge is -2.24. The van der Waals surface area contributed by atoms with Crippen LogP contribution in [0.1, 0.15) is 25.5 Å². The Balaban J connectivity index is 2.67. The third kappa shape index (κ3) is 4.67. The number of rotatable bonds is 5. The van der Waals surface area contributed by atoms with Gasteiger partial charge in [0.1, 0.15) is 0 Å². The Morgan fingerprint density at radius 3 is 2.59 bits per heavy atom. The minimum atomic E-state index is -1.09. The van der Waals surface area contributed by atoms with Crippen molar-refractivity contribution in [1.82, 2.24) is 5.32 Å². The normalized spacial score (nSPS) is 16.6. The Kier molecular flexibility index (Phi) is 5.60. The molecule has 0 aliphatic heterocycles. The van der Waals surface area contributed by atoms with Crippen LogP contribution in [-0.2, 0) is 0 Å². The van der Waals surface area contributed by atoms with Gasteiger partial charge in [-0.05, 0) is 31.5 Å². The number of halogens is 2. The van der Waals surface area contributed by atoms with Gasteiger partial charge in [0, 0.05) is 21.5 Å². The molecule has 1 aromatic rings. The summed E-state index contributed by atoms with van der Waals surface area (Å²) in [6.45, 7) is 3.70. The van der Waals surface area contributed by atoms with E-state index in [1.165, 1.54) is 0 Å². The molecule has 0 saturated heterocycles. The van der Waals surface area contributed by atoms with Gasteiger partial charge in [-0.1, -0.05) is 37.9 Å². The van der Waals surface area contributed by atoms with Gasteiger partial charge in [-0.2, -0.15) is 0 Å². The van der Waals surface area contributed by atoms with Crippen molar-refractivity contribution in [2.24, 2.45) is 0 Å². The molecule has 0 heterocycles. The van der Waals surface area contributed by atoms with E-state index in [1.54, 1.807) is 6.92 Å². The molecule has 17 heavy (non-hydrogen) atoms. The van der Waals surface area contributed by atoms with E-state index >= 15 is 0 Å². The zero-order valence-electron chi connectivity index (χ0n) is 9.87. The second-order valence-electron chi connectivity index (χ2n) is 4.42. The molecule has 0 aromatic heterocycles. The van der Waals surface area contributed by atoms with Gasteiger partial charge in [-0.25, -0.2) is 0 Å². The van der Waals surface area contributed by atoms with Gasteiger partial charge in [0.25, 0.3) is 0 Å². The maximum Gasteiger partial charge on any atom is 0.0973 e. The van der Waals surface area contributed by atoms with E-state index in [0.717, 1.165) is 14.5 Å². The molecule has 3 nitrogen and oxygen atoms in total. The zero-order valence-corrected chi connectivity index (χ0v) is 13.0. The molecule has 0 spiro atoms. The third-order valence-electron chi connectivity index (χ3n) is 2.56. The van der Waals surface area contributed by atoms with Crippen LogP contribution in [0.15, 0.2) is 27.1 Å². The number of aliphatic hydroxyl groups excluding tert-OH is 1. The van der Waals surface area contributed by atoms with E-state index in [2.05, 4.69) is 37.2 Å². The van der Waals surface area contributed by atoms with Crippen molar-refractivity contribution < 1.29 is 10.2 Å². The first kappa shape index (κ1) is 15.1. The molecule has 0 saturated carbocycles. The van der Waals surface area contributed by atoms with E-state index < -0.39 is 5.60 Å². The summed E-state index contributed by atoms with van der Waals surface area (Å²) in [7, 11) is 0. The first-order chi connectivity index (χ1) is 7.85. The zero-order chi connectivity index (χ0) is 13.1.